The highest BCUT2D eigenvalue weighted by molar-refractivity contribution is 6.06. The van der Waals surface area contributed by atoms with Crippen LogP contribution < -0.4 is 10.6 Å². The Hall–Kier alpha value is -2.12. The van der Waals surface area contributed by atoms with E-state index in [1.165, 1.54) is 13.8 Å². The van der Waals surface area contributed by atoms with E-state index < -0.39 is 35.4 Å². The largest absolute Gasteiger partial charge is 0.480 e. The lowest BCUT2D eigenvalue weighted by Gasteiger charge is -2.40. The van der Waals surface area contributed by atoms with Gasteiger partial charge in [-0.2, -0.15) is 0 Å². The standard InChI is InChI=1S/C12H19N3O5/c1-4-5-7(9(17)18)13-11(20)15-6-8(16)14-10(19)12(15,2)3/h7H,4-6H2,1-3H3,(H,13,20)(H,17,18)(H,14,16,19)/t7-/m1/s1. The minimum Gasteiger partial charge on any atom is -0.480 e. The van der Waals surface area contributed by atoms with Crippen molar-refractivity contribution >= 4 is 23.8 Å². The highest BCUT2D eigenvalue weighted by atomic mass is 16.4. The van der Waals surface area contributed by atoms with Gasteiger partial charge in [0.05, 0.1) is 0 Å². The first-order chi connectivity index (χ1) is 9.20. The van der Waals surface area contributed by atoms with Crippen LogP contribution in [-0.4, -0.2) is 51.9 Å². The normalized spacial score (nSPS) is 19.2. The molecule has 1 aliphatic heterocycles. The van der Waals surface area contributed by atoms with Crippen LogP contribution in [0.3, 0.4) is 0 Å². The van der Waals surface area contributed by atoms with Crippen LogP contribution in [0.1, 0.15) is 33.6 Å². The first-order valence-corrected chi connectivity index (χ1v) is 6.35. The van der Waals surface area contributed by atoms with Crippen molar-refractivity contribution in [1.82, 2.24) is 15.5 Å². The number of piperazine rings is 1. The average Bonchev–Trinajstić information content (AvgIpc) is 2.33. The lowest BCUT2D eigenvalue weighted by molar-refractivity contribution is -0.142. The summed E-state index contributed by atoms with van der Waals surface area (Å²) in [5.41, 5.74) is -1.22. The fraction of sp³-hybridized carbons (Fsp3) is 0.667. The number of carbonyl (C=O) groups excluding carboxylic acids is 3. The molecule has 0 aromatic carbocycles. The van der Waals surface area contributed by atoms with Gasteiger partial charge in [0, 0.05) is 0 Å². The molecule has 8 nitrogen and oxygen atoms in total. The van der Waals surface area contributed by atoms with Gasteiger partial charge in [-0.05, 0) is 20.3 Å². The Labute approximate surface area is 116 Å². The fourth-order valence-corrected chi connectivity index (χ4v) is 1.88. The van der Waals surface area contributed by atoms with E-state index in [1.807, 2.05) is 0 Å². The summed E-state index contributed by atoms with van der Waals surface area (Å²) in [5.74, 6) is -2.33. The van der Waals surface area contributed by atoms with Crippen LogP contribution in [-0.2, 0) is 14.4 Å². The van der Waals surface area contributed by atoms with Gasteiger partial charge >= 0.3 is 12.0 Å². The van der Waals surface area contributed by atoms with Crippen LogP contribution >= 0.6 is 0 Å². The molecule has 1 aliphatic rings. The van der Waals surface area contributed by atoms with Crippen LogP contribution in [0, 0.1) is 0 Å². The summed E-state index contributed by atoms with van der Waals surface area (Å²) in [6.45, 7) is 4.49. The number of rotatable bonds is 4. The Balaban J connectivity index is 2.86. The van der Waals surface area contributed by atoms with Gasteiger partial charge in [0.15, 0.2) is 0 Å². The SMILES string of the molecule is CCC[C@@H](NC(=O)N1CC(=O)NC(=O)C1(C)C)C(=O)O. The van der Waals surface area contributed by atoms with Crippen LogP contribution in [0.4, 0.5) is 4.79 Å². The number of carbonyl (C=O) groups is 4. The van der Waals surface area contributed by atoms with Gasteiger partial charge in [-0.1, -0.05) is 13.3 Å². The molecule has 0 aromatic heterocycles. The molecule has 8 heteroatoms. The molecule has 3 N–H and O–H groups in total. The third-order valence-electron chi connectivity index (χ3n) is 3.20. The molecule has 0 unspecified atom stereocenters. The van der Waals surface area contributed by atoms with E-state index in [0.29, 0.717) is 6.42 Å². The van der Waals surface area contributed by atoms with E-state index in [1.54, 1.807) is 6.92 Å². The monoisotopic (exact) mass is 285 g/mol. The van der Waals surface area contributed by atoms with Gasteiger partial charge in [0.2, 0.25) is 5.91 Å². The predicted octanol–water partition coefficient (Wildman–Crippen LogP) is -0.314. The molecule has 1 heterocycles. The van der Waals surface area contributed by atoms with Gasteiger partial charge in [0.1, 0.15) is 18.1 Å². The van der Waals surface area contributed by atoms with E-state index in [2.05, 4.69) is 10.6 Å². The Bertz CT molecular complexity index is 446. The molecule has 20 heavy (non-hydrogen) atoms. The molecule has 1 rings (SSSR count). The number of urea groups is 1. The van der Waals surface area contributed by atoms with Crippen molar-refractivity contribution in [2.45, 2.75) is 45.2 Å². The zero-order chi connectivity index (χ0) is 15.5. The van der Waals surface area contributed by atoms with Crippen LogP contribution in [0.15, 0.2) is 0 Å². The number of carboxylic acids is 1. The summed E-state index contributed by atoms with van der Waals surface area (Å²) in [4.78, 5) is 47.2. The maximum atomic E-state index is 12.1. The molecule has 0 radical (unpaired) electrons. The zero-order valence-corrected chi connectivity index (χ0v) is 11.7. The third kappa shape index (κ3) is 3.25. The highest BCUT2D eigenvalue weighted by Crippen LogP contribution is 2.18. The molecule has 1 saturated heterocycles. The number of nitrogens with one attached hydrogen (secondary N) is 2. The lowest BCUT2D eigenvalue weighted by atomic mass is 9.99. The molecular weight excluding hydrogens is 266 g/mol. The van der Waals surface area contributed by atoms with Crippen molar-refractivity contribution in [3.63, 3.8) is 0 Å². The lowest BCUT2D eigenvalue weighted by Crippen LogP contribution is -2.67. The Morgan fingerprint density at radius 2 is 2.05 bits per heavy atom. The van der Waals surface area contributed by atoms with E-state index in [9.17, 15) is 19.2 Å². The fourth-order valence-electron chi connectivity index (χ4n) is 1.88. The minimum absolute atomic E-state index is 0.273. The quantitative estimate of drug-likeness (QED) is 0.612. The molecule has 1 atom stereocenters. The van der Waals surface area contributed by atoms with Crippen molar-refractivity contribution < 1.29 is 24.3 Å². The van der Waals surface area contributed by atoms with Crippen LogP contribution in [0.25, 0.3) is 0 Å². The third-order valence-corrected chi connectivity index (χ3v) is 3.20. The second-order valence-corrected chi connectivity index (χ2v) is 5.15. The van der Waals surface area contributed by atoms with Gasteiger partial charge in [-0.3, -0.25) is 14.9 Å². The van der Waals surface area contributed by atoms with E-state index in [0.717, 1.165) is 4.90 Å². The first-order valence-electron chi connectivity index (χ1n) is 6.35. The summed E-state index contributed by atoms with van der Waals surface area (Å²) in [6, 6.07) is -1.78. The predicted molar refractivity (Wildman–Crippen MR) is 68.8 cm³/mol. The van der Waals surface area contributed by atoms with Gasteiger partial charge in [0.25, 0.3) is 5.91 Å². The number of amides is 4. The van der Waals surface area contributed by atoms with Crippen molar-refractivity contribution in [3.05, 3.63) is 0 Å². The number of carboxylic acid groups (broad SMARTS) is 1. The number of aliphatic carboxylic acids is 1. The minimum atomic E-state index is -1.22. The average molecular weight is 285 g/mol. The highest BCUT2D eigenvalue weighted by Gasteiger charge is 2.44. The van der Waals surface area contributed by atoms with E-state index >= 15 is 0 Å². The molecule has 0 aromatic rings. The second-order valence-electron chi connectivity index (χ2n) is 5.15. The summed E-state index contributed by atoms with van der Waals surface area (Å²) in [6.07, 6.45) is 0.857. The molecule has 1 fully saturated rings. The van der Waals surface area contributed by atoms with Crippen molar-refractivity contribution in [2.24, 2.45) is 0 Å². The molecule has 112 valence electrons. The summed E-state index contributed by atoms with van der Waals surface area (Å²) in [7, 11) is 0. The molecular formula is C12H19N3O5. The summed E-state index contributed by atoms with van der Waals surface area (Å²) >= 11 is 0. The number of hydrogen-bond acceptors (Lipinski definition) is 4. The Morgan fingerprint density at radius 3 is 2.55 bits per heavy atom. The van der Waals surface area contributed by atoms with Crippen LogP contribution in [0.2, 0.25) is 0 Å². The molecule has 0 bridgehead atoms. The van der Waals surface area contributed by atoms with Crippen molar-refractivity contribution in [1.29, 1.82) is 0 Å². The first kappa shape index (κ1) is 15.9. The summed E-state index contributed by atoms with van der Waals surface area (Å²) in [5, 5.41) is 13.5. The molecule has 0 aliphatic carbocycles. The van der Waals surface area contributed by atoms with E-state index in [-0.39, 0.29) is 13.0 Å². The second kappa shape index (κ2) is 5.89. The zero-order valence-electron chi connectivity index (χ0n) is 11.7. The van der Waals surface area contributed by atoms with Crippen molar-refractivity contribution in [2.75, 3.05) is 6.54 Å². The number of hydrogen-bond donors (Lipinski definition) is 3. The maximum Gasteiger partial charge on any atom is 0.326 e. The van der Waals surface area contributed by atoms with Gasteiger partial charge < -0.3 is 15.3 Å². The summed E-state index contributed by atoms with van der Waals surface area (Å²) < 4.78 is 0. The number of nitrogens with zero attached hydrogens (tertiary/aromatic N) is 1. The van der Waals surface area contributed by atoms with Crippen molar-refractivity contribution in [3.8, 4) is 0 Å². The topological polar surface area (TPSA) is 116 Å². The van der Waals surface area contributed by atoms with Crippen LogP contribution in [0.5, 0.6) is 0 Å². The Kier molecular flexibility index (Phi) is 4.69. The number of imide groups is 1. The smallest absolute Gasteiger partial charge is 0.326 e. The van der Waals surface area contributed by atoms with Gasteiger partial charge in [-0.15, -0.1) is 0 Å². The molecule has 4 amide bonds. The molecule has 0 saturated carbocycles. The molecule has 0 spiro atoms. The Morgan fingerprint density at radius 1 is 1.45 bits per heavy atom. The van der Waals surface area contributed by atoms with Gasteiger partial charge in [-0.25, -0.2) is 9.59 Å². The van der Waals surface area contributed by atoms with E-state index in [4.69, 9.17) is 5.11 Å². The maximum absolute atomic E-state index is 12.1.